The molecule has 2 aromatic carbocycles. The van der Waals surface area contributed by atoms with E-state index in [2.05, 4.69) is 80.3 Å². The van der Waals surface area contributed by atoms with Crippen molar-refractivity contribution in [3.8, 4) is 5.75 Å². The van der Waals surface area contributed by atoms with Gasteiger partial charge in [-0.2, -0.15) is 0 Å². The number of benzene rings is 2. The van der Waals surface area contributed by atoms with E-state index < -0.39 is 6.10 Å². The summed E-state index contributed by atoms with van der Waals surface area (Å²) in [5.74, 6) is 0.772. The number of ether oxygens (including phenoxy) is 1. The van der Waals surface area contributed by atoms with Crippen molar-refractivity contribution in [3.05, 3.63) is 65.9 Å². The van der Waals surface area contributed by atoms with Crippen molar-refractivity contribution >= 4 is 23.1 Å². The number of hydrogen-bond donors (Lipinski definition) is 2. The first-order valence-electron chi connectivity index (χ1n) is 9.70. The Kier molecular flexibility index (Phi) is 6.22. The molecule has 1 atom stereocenters. The summed E-state index contributed by atoms with van der Waals surface area (Å²) in [6.45, 7) is 6.98. The number of para-hydroxylation sites is 1. The van der Waals surface area contributed by atoms with Crippen molar-refractivity contribution in [2.45, 2.75) is 32.4 Å². The molecule has 0 aliphatic carbocycles. The number of hydrogen-bond acceptors (Lipinski definition) is 3. The molecule has 1 unspecified atom stereocenters. The quantitative estimate of drug-likeness (QED) is 0.596. The third kappa shape index (κ3) is 5.24. The Balaban J connectivity index is 1.71. The first-order chi connectivity index (χ1) is 13.3. The van der Waals surface area contributed by atoms with Gasteiger partial charge in [-0.3, -0.25) is 0 Å². The monoisotopic (exact) mass is 378 g/mol. The number of aryl methyl sites for hydroxylation is 1. The lowest BCUT2D eigenvalue weighted by Crippen LogP contribution is -2.42. The molecule has 4 nitrogen and oxygen atoms in total. The number of nitrogens with one attached hydrogen (secondary N) is 1. The second-order valence-electron chi connectivity index (χ2n) is 8.17. The summed E-state index contributed by atoms with van der Waals surface area (Å²) in [5, 5.41) is 14.7. The summed E-state index contributed by atoms with van der Waals surface area (Å²) in [4.78, 5) is 0. The molecule has 0 amide bonds. The summed E-state index contributed by atoms with van der Waals surface area (Å²) in [5.41, 5.74) is 3.34. The van der Waals surface area contributed by atoms with Crippen LogP contribution < -0.4 is 10.1 Å². The maximum atomic E-state index is 10.2. The number of β-amino-alcohol motifs (C(OH)–C–C–N with tert-alkyl or cyclic N) is 1. The lowest BCUT2D eigenvalue weighted by molar-refractivity contribution is 0.0999. The zero-order chi connectivity index (χ0) is 20.1. The van der Waals surface area contributed by atoms with Crippen molar-refractivity contribution in [1.82, 2.24) is 9.88 Å². The topological polar surface area (TPSA) is 46.4 Å². The molecule has 0 fully saturated rings. The van der Waals surface area contributed by atoms with E-state index in [9.17, 15) is 5.11 Å². The number of aliphatic hydroxyl groups excluding tert-OH is 1. The Hall–Kier alpha value is -2.56. The van der Waals surface area contributed by atoms with E-state index in [0.29, 0.717) is 6.54 Å². The summed E-state index contributed by atoms with van der Waals surface area (Å²) >= 11 is 0. The zero-order valence-corrected chi connectivity index (χ0v) is 17.1. The smallest absolute Gasteiger partial charge is 0.126 e. The highest BCUT2D eigenvalue weighted by molar-refractivity contribution is 5.91. The summed E-state index contributed by atoms with van der Waals surface area (Å²) < 4.78 is 8.02. The van der Waals surface area contributed by atoms with Crippen LogP contribution in [0.25, 0.3) is 23.1 Å². The van der Waals surface area contributed by atoms with E-state index in [-0.39, 0.29) is 12.1 Å². The normalized spacial score (nSPS) is 13.3. The van der Waals surface area contributed by atoms with Gasteiger partial charge in [-0.25, -0.2) is 0 Å². The Morgan fingerprint density at radius 1 is 1.04 bits per heavy atom. The molecule has 3 aromatic rings. The molecule has 2 N–H and O–H groups in total. The van der Waals surface area contributed by atoms with Crippen LogP contribution in [-0.4, -0.2) is 34.5 Å². The summed E-state index contributed by atoms with van der Waals surface area (Å²) in [7, 11) is 2.05. The third-order valence-electron chi connectivity index (χ3n) is 4.62. The van der Waals surface area contributed by atoms with E-state index in [1.165, 1.54) is 16.5 Å². The first-order valence-corrected chi connectivity index (χ1v) is 9.70. The van der Waals surface area contributed by atoms with Gasteiger partial charge in [-0.1, -0.05) is 42.5 Å². The average Bonchev–Trinajstić information content (AvgIpc) is 3.05. The van der Waals surface area contributed by atoms with Crippen molar-refractivity contribution < 1.29 is 9.84 Å². The number of rotatable bonds is 7. The Morgan fingerprint density at radius 3 is 2.54 bits per heavy atom. The van der Waals surface area contributed by atoms with Crippen LogP contribution in [0.2, 0.25) is 0 Å². The van der Waals surface area contributed by atoms with Gasteiger partial charge in [-0.15, -0.1) is 0 Å². The van der Waals surface area contributed by atoms with Crippen molar-refractivity contribution in [2.75, 3.05) is 13.2 Å². The van der Waals surface area contributed by atoms with Gasteiger partial charge in [0.2, 0.25) is 0 Å². The molecule has 0 aliphatic heterocycles. The molecule has 3 rings (SSSR count). The molecule has 0 saturated carbocycles. The molecule has 1 heterocycles. The molecule has 0 bridgehead atoms. The first kappa shape index (κ1) is 20.2. The van der Waals surface area contributed by atoms with Crippen molar-refractivity contribution in [3.63, 3.8) is 0 Å². The molecular formula is C24H30N2O2. The average molecular weight is 379 g/mol. The van der Waals surface area contributed by atoms with Crippen LogP contribution in [-0.2, 0) is 7.05 Å². The van der Waals surface area contributed by atoms with Gasteiger partial charge in [0.15, 0.2) is 0 Å². The second-order valence-corrected chi connectivity index (χ2v) is 8.17. The highest BCUT2D eigenvalue weighted by atomic mass is 16.5. The highest BCUT2D eigenvalue weighted by Gasteiger charge is 2.13. The molecule has 0 aliphatic rings. The largest absolute Gasteiger partial charge is 0.490 e. The third-order valence-corrected chi connectivity index (χ3v) is 4.62. The van der Waals surface area contributed by atoms with Crippen LogP contribution in [0.5, 0.6) is 5.75 Å². The van der Waals surface area contributed by atoms with E-state index in [4.69, 9.17) is 4.74 Å². The number of fused-ring (bicyclic) bond motifs is 1. The predicted octanol–water partition coefficient (Wildman–Crippen LogP) is 4.48. The van der Waals surface area contributed by atoms with Gasteiger partial charge >= 0.3 is 0 Å². The van der Waals surface area contributed by atoms with E-state index >= 15 is 0 Å². The zero-order valence-electron chi connectivity index (χ0n) is 17.1. The molecule has 4 heteroatoms. The molecule has 0 saturated heterocycles. The fraction of sp³-hybridized carbons (Fsp3) is 0.333. The Bertz CT molecular complexity index is 951. The van der Waals surface area contributed by atoms with Crippen molar-refractivity contribution in [1.29, 1.82) is 0 Å². The fourth-order valence-corrected chi connectivity index (χ4v) is 3.07. The van der Waals surface area contributed by atoms with Gasteiger partial charge in [0.05, 0.1) is 0 Å². The maximum absolute atomic E-state index is 10.2. The van der Waals surface area contributed by atoms with Gasteiger partial charge in [-0.05, 0) is 44.5 Å². The van der Waals surface area contributed by atoms with Gasteiger partial charge < -0.3 is 19.7 Å². The van der Waals surface area contributed by atoms with Gasteiger partial charge in [0.1, 0.15) is 18.5 Å². The molecule has 0 radical (unpaired) electrons. The predicted molar refractivity (Wildman–Crippen MR) is 118 cm³/mol. The van der Waals surface area contributed by atoms with Crippen LogP contribution in [0.4, 0.5) is 0 Å². The SMILES string of the molecule is Cn1ccc2c(C=Cc3ccccc3OCC(O)CNC(C)(C)C)cccc21. The number of aromatic nitrogens is 1. The molecule has 1 aromatic heterocycles. The lowest BCUT2D eigenvalue weighted by atomic mass is 10.1. The van der Waals surface area contributed by atoms with Crippen LogP contribution in [0, 0.1) is 0 Å². The molecule has 28 heavy (non-hydrogen) atoms. The fourth-order valence-electron chi connectivity index (χ4n) is 3.07. The van der Waals surface area contributed by atoms with Gasteiger partial charge in [0, 0.05) is 41.8 Å². The lowest BCUT2D eigenvalue weighted by Gasteiger charge is -2.23. The maximum Gasteiger partial charge on any atom is 0.126 e. The number of nitrogens with zero attached hydrogens (tertiary/aromatic N) is 1. The molecule has 148 valence electrons. The minimum Gasteiger partial charge on any atom is -0.490 e. The van der Waals surface area contributed by atoms with E-state index in [1.54, 1.807) is 0 Å². The summed E-state index contributed by atoms with van der Waals surface area (Å²) in [6.07, 6.45) is 5.69. The van der Waals surface area contributed by atoms with Crippen LogP contribution in [0.15, 0.2) is 54.7 Å². The Labute approximate surface area is 167 Å². The molecular weight excluding hydrogens is 348 g/mol. The van der Waals surface area contributed by atoms with Gasteiger partial charge in [0.25, 0.3) is 0 Å². The highest BCUT2D eigenvalue weighted by Crippen LogP contribution is 2.24. The Morgan fingerprint density at radius 2 is 1.75 bits per heavy atom. The number of aliphatic hydroxyl groups is 1. The minimum atomic E-state index is -0.561. The van der Waals surface area contributed by atoms with Crippen LogP contribution >= 0.6 is 0 Å². The standard InChI is InChI=1S/C24H30N2O2/c1-24(2,3)25-16-20(27)17-28-23-11-6-5-8-19(23)13-12-18-9-7-10-22-21(18)14-15-26(22)4/h5-15,20,25,27H,16-17H2,1-4H3. The second kappa shape index (κ2) is 8.63. The van der Waals surface area contributed by atoms with Crippen LogP contribution in [0.3, 0.4) is 0 Å². The van der Waals surface area contributed by atoms with E-state index in [0.717, 1.165) is 11.3 Å². The summed E-state index contributed by atoms with van der Waals surface area (Å²) in [6, 6.07) is 16.3. The minimum absolute atomic E-state index is 0.0277. The molecule has 0 spiro atoms. The van der Waals surface area contributed by atoms with Crippen LogP contribution in [0.1, 0.15) is 31.9 Å². The van der Waals surface area contributed by atoms with Crippen molar-refractivity contribution in [2.24, 2.45) is 7.05 Å². The van der Waals surface area contributed by atoms with E-state index in [1.807, 2.05) is 24.3 Å².